The molecule has 0 fully saturated rings. The van der Waals surface area contributed by atoms with E-state index >= 15 is 0 Å². The normalized spacial score (nSPS) is 11.4. The number of H-pyrrole nitrogens is 1. The van der Waals surface area contributed by atoms with Crippen LogP contribution in [0.4, 0.5) is 5.69 Å². The number of thiophene rings is 1. The molecule has 0 atom stereocenters. The molecule has 0 saturated carbocycles. The second-order valence-electron chi connectivity index (χ2n) is 4.98. The van der Waals surface area contributed by atoms with E-state index in [9.17, 15) is 13.2 Å². The van der Waals surface area contributed by atoms with Crippen LogP contribution in [0.2, 0.25) is 5.02 Å². The molecule has 9 heteroatoms. The molecule has 0 radical (unpaired) electrons. The van der Waals surface area contributed by atoms with Gasteiger partial charge in [0.25, 0.3) is 15.6 Å². The Morgan fingerprint density at radius 2 is 2.04 bits per heavy atom. The SMILES string of the molecule is Cc1c(Cl)cccc1NS(=O)(=O)c1cc(-c2ccc(=O)[nH]n2)cs1. The highest BCUT2D eigenvalue weighted by atomic mass is 35.5. The number of hydrogen-bond donors (Lipinski definition) is 2. The van der Waals surface area contributed by atoms with Crippen LogP contribution < -0.4 is 10.3 Å². The summed E-state index contributed by atoms with van der Waals surface area (Å²) in [6.45, 7) is 1.74. The molecule has 3 aromatic rings. The lowest BCUT2D eigenvalue weighted by atomic mass is 10.2. The summed E-state index contributed by atoms with van der Waals surface area (Å²) in [5, 5.41) is 8.36. The van der Waals surface area contributed by atoms with Gasteiger partial charge < -0.3 is 0 Å². The van der Waals surface area contributed by atoms with Crippen LogP contribution in [-0.2, 0) is 10.0 Å². The van der Waals surface area contributed by atoms with E-state index in [1.165, 1.54) is 18.2 Å². The van der Waals surface area contributed by atoms with Crippen molar-refractivity contribution in [2.45, 2.75) is 11.1 Å². The standard InChI is InChI=1S/C15H12ClN3O3S2/c1-9-11(16)3-2-4-12(9)19-24(21,22)15-7-10(8-23-15)13-5-6-14(20)18-17-13/h2-8,19H,1H3,(H,18,20). The van der Waals surface area contributed by atoms with E-state index in [1.54, 1.807) is 30.5 Å². The smallest absolute Gasteiger partial charge is 0.271 e. The van der Waals surface area contributed by atoms with Gasteiger partial charge in [-0.2, -0.15) is 5.10 Å². The van der Waals surface area contributed by atoms with Crippen LogP contribution in [0.5, 0.6) is 0 Å². The molecule has 0 aliphatic heterocycles. The molecule has 2 heterocycles. The lowest BCUT2D eigenvalue weighted by Crippen LogP contribution is -2.12. The summed E-state index contributed by atoms with van der Waals surface area (Å²) in [7, 11) is -3.74. The van der Waals surface area contributed by atoms with Gasteiger partial charge in [-0.25, -0.2) is 13.5 Å². The number of sulfonamides is 1. The Morgan fingerprint density at radius 3 is 2.75 bits per heavy atom. The van der Waals surface area contributed by atoms with Crippen LogP contribution >= 0.6 is 22.9 Å². The van der Waals surface area contributed by atoms with E-state index in [0.29, 0.717) is 27.5 Å². The first kappa shape index (κ1) is 16.7. The van der Waals surface area contributed by atoms with E-state index in [-0.39, 0.29) is 9.77 Å². The molecule has 1 aromatic carbocycles. The van der Waals surface area contributed by atoms with Gasteiger partial charge in [0.05, 0.1) is 11.4 Å². The quantitative estimate of drug-likeness (QED) is 0.725. The molecule has 0 saturated heterocycles. The van der Waals surface area contributed by atoms with Crippen molar-refractivity contribution in [3.05, 3.63) is 62.7 Å². The first-order chi connectivity index (χ1) is 11.4. The summed E-state index contributed by atoms with van der Waals surface area (Å²) >= 11 is 7.09. The largest absolute Gasteiger partial charge is 0.279 e. The molecule has 2 N–H and O–H groups in total. The number of halogens is 1. The number of anilines is 1. The van der Waals surface area contributed by atoms with E-state index < -0.39 is 10.0 Å². The molecule has 0 unspecified atom stereocenters. The molecular formula is C15H12ClN3O3S2. The zero-order valence-corrected chi connectivity index (χ0v) is 14.8. The van der Waals surface area contributed by atoms with E-state index in [2.05, 4.69) is 14.9 Å². The number of nitrogens with one attached hydrogen (secondary N) is 2. The molecule has 3 rings (SSSR count). The lowest BCUT2D eigenvalue weighted by Gasteiger charge is -2.10. The van der Waals surface area contributed by atoms with Crippen LogP contribution in [-0.4, -0.2) is 18.6 Å². The van der Waals surface area contributed by atoms with Crippen molar-refractivity contribution in [2.75, 3.05) is 4.72 Å². The number of aromatic nitrogens is 2. The fraction of sp³-hybridized carbons (Fsp3) is 0.0667. The summed E-state index contributed by atoms with van der Waals surface area (Å²) in [5.41, 5.74) is 1.87. The van der Waals surface area contributed by atoms with Gasteiger partial charge in [-0.05, 0) is 36.8 Å². The highest BCUT2D eigenvalue weighted by Gasteiger charge is 2.19. The van der Waals surface area contributed by atoms with Gasteiger partial charge in [-0.1, -0.05) is 17.7 Å². The Hall–Kier alpha value is -2.16. The maximum Gasteiger partial charge on any atom is 0.271 e. The number of aromatic amines is 1. The molecule has 2 aromatic heterocycles. The van der Waals surface area contributed by atoms with E-state index in [4.69, 9.17) is 11.6 Å². The first-order valence-corrected chi connectivity index (χ1v) is 9.53. The van der Waals surface area contributed by atoms with Gasteiger partial charge in [0, 0.05) is 22.0 Å². The number of nitrogens with zero attached hydrogens (tertiary/aromatic N) is 1. The van der Waals surface area contributed by atoms with Gasteiger partial charge in [0.1, 0.15) is 4.21 Å². The third-order valence-corrected chi connectivity index (χ3v) is 6.54. The molecule has 0 spiro atoms. The fourth-order valence-electron chi connectivity index (χ4n) is 2.01. The van der Waals surface area contributed by atoms with Crippen LogP contribution in [0.15, 0.2) is 50.8 Å². The summed E-state index contributed by atoms with van der Waals surface area (Å²) in [6.07, 6.45) is 0. The molecule has 24 heavy (non-hydrogen) atoms. The third kappa shape index (κ3) is 3.35. The molecule has 0 bridgehead atoms. The van der Waals surface area contributed by atoms with Crippen molar-refractivity contribution < 1.29 is 8.42 Å². The zero-order chi connectivity index (χ0) is 17.3. The summed E-state index contributed by atoms with van der Waals surface area (Å²) in [4.78, 5) is 11.0. The number of rotatable bonds is 4. The van der Waals surface area contributed by atoms with Gasteiger partial charge in [0.2, 0.25) is 0 Å². The van der Waals surface area contributed by atoms with Crippen molar-refractivity contribution >= 4 is 38.6 Å². The van der Waals surface area contributed by atoms with E-state index in [0.717, 1.165) is 11.3 Å². The summed E-state index contributed by atoms with van der Waals surface area (Å²) < 4.78 is 27.8. The van der Waals surface area contributed by atoms with Gasteiger partial charge >= 0.3 is 0 Å². The summed E-state index contributed by atoms with van der Waals surface area (Å²) in [6, 6.07) is 9.40. The number of benzene rings is 1. The zero-order valence-electron chi connectivity index (χ0n) is 12.4. The molecular weight excluding hydrogens is 370 g/mol. The maximum atomic E-state index is 12.5. The van der Waals surface area contributed by atoms with Crippen molar-refractivity contribution in [3.63, 3.8) is 0 Å². The topological polar surface area (TPSA) is 91.9 Å². The Labute approximate surface area is 147 Å². The van der Waals surface area contributed by atoms with Crippen molar-refractivity contribution in [1.29, 1.82) is 0 Å². The predicted molar refractivity (Wildman–Crippen MR) is 95.2 cm³/mol. The van der Waals surface area contributed by atoms with Gasteiger partial charge in [-0.3, -0.25) is 9.52 Å². The van der Waals surface area contributed by atoms with Crippen LogP contribution in [0, 0.1) is 6.92 Å². The summed E-state index contributed by atoms with van der Waals surface area (Å²) in [5.74, 6) is 0. The van der Waals surface area contributed by atoms with Crippen LogP contribution in [0.25, 0.3) is 11.3 Å². The Bertz CT molecular complexity index is 1040. The first-order valence-electron chi connectivity index (χ1n) is 6.79. The molecule has 0 aliphatic carbocycles. The average molecular weight is 382 g/mol. The second-order valence-corrected chi connectivity index (χ2v) is 8.21. The van der Waals surface area contributed by atoms with E-state index in [1.807, 2.05) is 0 Å². The van der Waals surface area contributed by atoms with Crippen LogP contribution in [0.1, 0.15) is 5.56 Å². The lowest BCUT2D eigenvalue weighted by molar-refractivity contribution is 0.603. The molecule has 0 amide bonds. The third-order valence-electron chi connectivity index (χ3n) is 3.33. The predicted octanol–water partition coefficient (Wildman–Crippen LogP) is 3.26. The highest BCUT2D eigenvalue weighted by molar-refractivity contribution is 7.94. The van der Waals surface area contributed by atoms with Crippen molar-refractivity contribution in [2.24, 2.45) is 0 Å². The Kier molecular flexibility index (Phi) is 4.44. The molecule has 124 valence electrons. The second kappa shape index (κ2) is 6.39. The van der Waals surface area contributed by atoms with Crippen molar-refractivity contribution in [3.8, 4) is 11.3 Å². The van der Waals surface area contributed by atoms with Gasteiger partial charge in [0.15, 0.2) is 0 Å². The van der Waals surface area contributed by atoms with Crippen LogP contribution in [0.3, 0.4) is 0 Å². The minimum absolute atomic E-state index is 0.143. The monoisotopic (exact) mass is 381 g/mol. The maximum absolute atomic E-state index is 12.5. The molecule has 0 aliphatic rings. The Morgan fingerprint density at radius 1 is 1.25 bits per heavy atom. The number of hydrogen-bond acceptors (Lipinski definition) is 5. The van der Waals surface area contributed by atoms with Crippen molar-refractivity contribution in [1.82, 2.24) is 10.2 Å². The average Bonchev–Trinajstić information content (AvgIpc) is 3.03. The minimum Gasteiger partial charge on any atom is -0.279 e. The highest BCUT2D eigenvalue weighted by Crippen LogP contribution is 2.30. The Balaban J connectivity index is 1.92. The fourth-order valence-corrected chi connectivity index (χ4v) is 4.48. The molecule has 6 nitrogen and oxygen atoms in total. The minimum atomic E-state index is -3.74. The van der Waals surface area contributed by atoms with Gasteiger partial charge in [-0.15, -0.1) is 11.3 Å².